The van der Waals surface area contributed by atoms with Crippen LogP contribution in [0.25, 0.3) is 0 Å². The van der Waals surface area contributed by atoms with Crippen LogP contribution in [0.2, 0.25) is 0 Å². The molecule has 0 aromatic carbocycles. The predicted molar refractivity (Wildman–Crippen MR) is 61.6 cm³/mol. The van der Waals surface area contributed by atoms with Gasteiger partial charge in [-0.1, -0.05) is 12.1 Å². The van der Waals surface area contributed by atoms with Gasteiger partial charge in [-0.25, -0.2) is 0 Å². The molecule has 0 aliphatic carbocycles. The van der Waals surface area contributed by atoms with Gasteiger partial charge >= 0.3 is 0 Å². The Morgan fingerprint density at radius 1 is 1.47 bits per heavy atom. The average molecular weight is 240 g/mol. The van der Waals surface area contributed by atoms with E-state index in [0.717, 1.165) is 12.8 Å². The monoisotopic (exact) mass is 240 g/mol. The Morgan fingerprint density at radius 3 is 2.82 bits per heavy atom. The fraction of sp³-hybridized carbons (Fsp3) is 0.833. The maximum absolute atomic E-state index is 10.5. The molecule has 2 heterocycles. The molecule has 96 valence electrons. The molecule has 0 radical (unpaired) electrons. The molecule has 0 unspecified atom stereocenters. The number of aromatic nitrogens is 2. The van der Waals surface area contributed by atoms with E-state index in [1.54, 1.807) is 0 Å². The first-order valence-electron chi connectivity index (χ1n) is 6.23. The van der Waals surface area contributed by atoms with E-state index in [4.69, 9.17) is 9.26 Å². The van der Waals surface area contributed by atoms with E-state index in [9.17, 15) is 5.11 Å². The molecule has 1 aliphatic rings. The summed E-state index contributed by atoms with van der Waals surface area (Å²) in [7, 11) is 0. The van der Waals surface area contributed by atoms with Crippen molar-refractivity contribution in [1.82, 2.24) is 10.1 Å². The number of aliphatic hydroxyl groups is 1. The molecule has 1 aromatic rings. The lowest BCUT2D eigenvalue weighted by Crippen LogP contribution is -2.38. The zero-order valence-electron chi connectivity index (χ0n) is 10.6. The Labute approximate surface area is 101 Å². The standard InChI is InChI=1S/C12H20N2O3/c1-4-5-10-13-11(17-14-10)7-12(15)6-8(2)16-9(12)3/h8-9,15H,4-7H2,1-3H3/t8-,9-,12-/m1/s1. The van der Waals surface area contributed by atoms with Crippen LogP contribution in [0.1, 0.15) is 45.3 Å². The first kappa shape index (κ1) is 12.5. The lowest BCUT2D eigenvalue weighted by atomic mass is 9.91. The lowest BCUT2D eigenvalue weighted by molar-refractivity contribution is -0.0385. The molecule has 1 fully saturated rings. The molecule has 0 amide bonds. The van der Waals surface area contributed by atoms with Crippen molar-refractivity contribution < 1.29 is 14.4 Å². The number of hydrogen-bond acceptors (Lipinski definition) is 5. The van der Waals surface area contributed by atoms with Gasteiger partial charge in [-0.15, -0.1) is 0 Å². The van der Waals surface area contributed by atoms with E-state index in [1.807, 2.05) is 13.8 Å². The number of rotatable bonds is 4. The molecule has 17 heavy (non-hydrogen) atoms. The summed E-state index contributed by atoms with van der Waals surface area (Å²) in [4.78, 5) is 4.27. The van der Waals surface area contributed by atoms with Crippen LogP contribution in [0.15, 0.2) is 4.52 Å². The summed E-state index contributed by atoms with van der Waals surface area (Å²) < 4.78 is 10.7. The fourth-order valence-electron chi connectivity index (χ4n) is 2.35. The minimum atomic E-state index is -0.880. The van der Waals surface area contributed by atoms with Crippen molar-refractivity contribution in [2.45, 2.75) is 64.3 Å². The molecule has 2 rings (SSSR count). The number of aryl methyl sites for hydroxylation is 1. The first-order valence-corrected chi connectivity index (χ1v) is 6.23. The van der Waals surface area contributed by atoms with Gasteiger partial charge in [0.05, 0.1) is 18.6 Å². The summed E-state index contributed by atoms with van der Waals surface area (Å²) in [6.07, 6.45) is 2.66. The summed E-state index contributed by atoms with van der Waals surface area (Å²) in [5.74, 6) is 1.21. The predicted octanol–water partition coefficient (Wildman–Crippen LogP) is 1.49. The van der Waals surface area contributed by atoms with Gasteiger partial charge in [-0.2, -0.15) is 4.98 Å². The number of nitrogens with zero attached hydrogens (tertiary/aromatic N) is 2. The Bertz CT molecular complexity index is 380. The average Bonchev–Trinajstić information content (AvgIpc) is 2.74. The van der Waals surface area contributed by atoms with Crippen LogP contribution < -0.4 is 0 Å². The molecule has 0 bridgehead atoms. The molecule has 1 N–H and O–H groups in total. The summed E-state index contributed by atoms with van der Waals surface area (Å²) >= 11 is 0. The largest absolute Gasteiger partial charge is 0.387 e. The van der Waals surface area contributed by atoms with Crippen LogP contribution >= 0.6 is 0 Å². The summed E-state index contributed by atoms with van der Waals surface area (Å²) in [6, 6.07) is 0. The van der Waals surface area contributed by atoms with Gasteiger partial charge in [-0.3, -0.25) is 0 Å². The second-order valence-corrected chi connectivity index (χ2v) is 4.93. The zero-order valence-corrected chi connectivity index (χ0v) is 10.6. The van der Waals surface area contributed by atoms with Crippen molar-refractivity contribution in [2.24, 2.45) is 0 Å². The first-order chi connectivity index (χ1) is 8.03. The SMILES string of the molecule is CCCc1noc(C[C@]2(O)C[C@@H](C)O[C@@H]2C)n1. The third-order valence-corrected chi connectivity index (χ3v) is 3.28. The van der Waals surface area contributed by atoms with Crippen LogP contribution in [-0.2, 0) is 17.6 Å². The minimum absolute atomic E-state index is 0.0769. The lowest BCUT2D eigenvalue weighted by Gasteiger charge is -2.23. The van der Waals surface area contributed by atoms with Crippen LogP contribution in [0.4, 0.5) is 0 Å². The molecular formula is C12H20N2O3. The summed E-state index contributed by atoms with van der Waals surface area (Å²) in [5.41, 5.74) is -0.880. The molecule has 5 heteroatoms. The van der Waals surface area contributed by atoms with E-state index in [2.05, 4.69) is 17.1 Å². The summed E-state index contributed by atoms with van der Waals surface area (Å²) in [5, 5.41) is 14.4. The molecule has 0 saturated carbocycles. The third kappa shape index (κ3) is 2.66. The van der Waals surface area contributed by atoms with Gasteiger partial charge < -0.3 is 14.4 Å². The zero-order chi connectivity index (χ0) is 12.5. The van der Waals surface area contributed by atoms with E-state index in [1.165, 1.54) is 0 Å². The van der Waals surface area contributed by atoms with E-state index in [0.29, 0.717) is 24.6 Å². The Kier molecular flexibility index (Phi) is 3.49. The second kappa shape index (κ2) is 4.74. The number of ether oxygens (including phenoxy) is 1. The van der Waals surface area contributed by atoms with Crippen molar-refractivity contribution >= 4 is 0 Å². The maximum atomic E-state index is 10.5. The molecule has 0 spiro atoms. The second-order valence-electron chi connectivity index (χ2n) is 4.93. The Hall–Kier alpha value is -0.940. The quantitative estimate of drug-likeness (QED) is 0.863. The molecule has 5 nitrogen and oxygen atoms in total. The van der Waals surface area contributed by atoms with Crippen molar-refractivity contribution in [3.8, 4) is 0 Å². The van der Waals surface area contributed by atoms with Crippen molar-refractivity contribution in [1.29, 1.82) is 0 Å². The van der Waals surface area contributed by atoms with Gasteiger partial charge in [0.2, 0.25) is 5.89 Å². The third-order valence-electron chi connectivity index (χ3n) is 3.28. The highest BCUT2D eigenvalue weighted by Crippen LogP contribution is 2.32. The number of hydrogen-bond donors (Lipinski definition) is 1. The molecule has 3 atom stereocenters. The molecular weight excluding hydrogens is 220 g/mol. The normalized spacial score (nSPS) is 33.2. The van der Waals surface area contributed by atoms with Gasteiger partial charge in [0.1, 0.15) is 5.60 Å². The van der Waals surface area contributed by atoms with Crippen LogP contribution in [-0.4, -0.2) is 33.1 Å². The summed E-state index contributed by atoms with van der Waals surface area (Å²) in [6.45, 7) is 5.91. The van der Waals surface area contributed by atoms with Gasteiger partial charge in [0.15, 0.2) is 5.82 Å². The Morgan fingerprint density at radius 2 is 2.24 bits per heavy atom. The minimum Gasteiger partial charge on any atom is -0.387 e. The maximum Gasteiger partial charge on any atom is 0.229 e. The van der Waals surface area contributed by atoms with Crippen LogP contribution in [0.5, 0.6) is 0 Å². The van der Waals surface area contributed by atoms with Crippen LogP contribution in [0, 0.1) is 0 Å². The Balaban J connectivity index is 2.04. The van der Waals surface area contributed by atoms with Crippen LogP contribution in [0.3, 0.4) is 0 Å². The van der Waals surface area contributed by atoms with Crippen molar-refractivity contribution in [3.63, 3.8) is 0 Å². The van der Waals surface area contributed by atoms with E-state index < -0.39 is 5.60 Å². The van der Waals surface area contributed by atoms with E-state index in [-0.39, 0.29) is 12.2 Å². The molecule has 1 aliphatic heterocycles. The highest BCUT2D eigenvalue weighted by atomic mass is 16.5. The van der Waals surface area contributed by atoms with Crippen molar-refractivity contribution in [2.75, 3.05) is 0 Å². The topological polar surface area (TPSA) is 68.4 Å². The van der Waals surface area contributed by atoms with Gasteiger partial charge in [0.25, 0.3) is 0 Å². The molecule has 1 aromatic heterocycles. The van der Waals surface area contributed by atoms with Gasteiger partial charge in [-0.05, 0) is 20.3 Å². The van der Waals surface area contributed by atoms with Gasteiger partial charge in [0, 0.05) is 12.8 Å². The molecule has 1 saturated heterocycles. The highest BCUT2D eigenvalue weighted by molar-refractivity contribution is 5.00. The van der Waals surface area contributed by atoms with Crippen molar-refractivity contribution in [3.05, 3.63) is 11.7 Å². The smallest absolute Gasteiger partial charge is 0.229 e. The highest BCUT2D eigenvalue weighted by Gasteiger charge is 2.44. The van der Waals surface area contributed by atoms with E-state index >= 15 is 0 Å². The fourth-order valence-corrected chi connectivity index (χ4v) is 2.35.